The summed E-state index contributed by atoms with van der Waals surface area (Å²) in [7, 11) is -3.26. The van der Waals surface area contributed by atoms with Gasteiger partial charge in [-0.25, -0.2) is 8.42 Å². The van der Waals surface area contributed by atoms with Gasteiger partial charge in [0.05, 0.1) is 4.90 Å². The number of halogens is 1. The van der Waals surface area contributed by atoms with Gasteiger partial charge in [-0.2, -0.15) is 11.8 Å². The van der Waals surface area contributed by atoms with Crippen molar-refractivity contribution in [3.8, 4) is 0 Å². The number of nitrogens with one attached hydrogen (secondary N) is 1. The molecule has 0 aliphatic rings. The van der Waals surface area contributed by atoms with E-state index in [-0.39, 0.29) is 4.75 Å². The van der Waals surface area contributed by atoms with E-state index in [0.717, 1.165) is 6.54 Å². The fourth-order valence-electron chi connectivity index (χ4n) is 1.62. The Morgan fingerprint density at radius 1 is 1.37 bits per heavy atom. The molecule has 0 bridgehead atoms. The first kappa shape index (κ1) is 16.8. The summed E-state index contributed by atoms with van der Waals surface area (Å²) in [5, 5.41) is 3.76. The second-order valence-electron chi connectivity index (χ2n) is 5.06. The quantitative estimate of drug-likeness (QED) is 0.875. The molecule has 0 heterocycles. The van der Waals surface area contributed by atoms with Crippen molar-refractivity contribution in [1.29, 1.82) is 0 Å². The molecule has 0 saturated carbocycles. The van der Waals surface area contributed by atoms with Gasteiger partial charge in [0.1, 0.15) is 0 Å². The van der Waals surface area contributed by atoms with Crippen LogP contribution in [0.1, 0.15) is 19.4 Å². The molecule has 1 N–H and O–H groups in total. The van der Waals surface area contributed by atoms with Crippen LogP contribution < -0.4 is 5.32 Å². The van der Waals surface area contributed by atoms with E-state index in [2.05, 4.69) is 25.4 Å². The molecule has 0 radical (unpaired) electrons. The number of hydrogen-bond donors (Lipinski definition) is 1. The standard InChI is InChI=1S/C13H20ClNO2S2/c1-13(2,18-3)9-15-8-10-11(14)6-5-7-12(10)19(4,16)17/h5-7,15H,8-9H2,1-4H3. The zero-order chi connectivity index (χ0) is 14.7. The molecular weight excluding hydrogens is 302 g/mol. The predicted octanol–water partition coefficient (Wildman–Crippen LogP) is 2.97. The van der Waals surface area contributed by atoms with Crippen LogP contribution in [-0.4, -0.2) is 32.2 Å². The molecule has 19 heavy (non-hydrogen) atoms. The van der Waals surface area contributed by atoms with Gasteiger partial charge in [-0.05, 0) is 32.2 Å². The van der Waals surface area contributed by atoms with Gasteiger partial charge in [0, 0.05) is 34.7 Å². The predicted molar refractivity (Wildman–Crippen MR) is 83.9 cm³/mol. The van der Waals surface area contributed by atoms with Crippen molar-refractivity contribution in [2.45, 2.75) is 30.0 Å². The van der Waals surface area contributed by atoms with Gasteiger partial charge in [0.2, 0.25) is 0 Å². The number of rotatable bonds is 6. The summed E-state index contributed by atoms with van der Waals surface area (Å²) in [5.74, 6) is 0. The monoisotopic (exact) mass is 321 g/mol. The molecule has 3 nitrogen and oxygen atoms in total. The molecule has 0 atom stereocenters. The van der Waals surface area contributed by atoms with Crippen molar-refractivity contribution in [3.63, 3.8) is 0 Å². The Hall–Kier alpha value is -0.230. The Balaban J connectivity index is 2.90. The number of benzene rings is 1. The Morgan fingerprint density at radius 2 is 2.00 bits per heavy atom. The first-order valence-electron chi connectivity index (χ1n) is 5.91. The van der Waals surface area contributed by atoms with Crippen LogP contribution >= 0.6 is 23.4 Å². The summed E-state index contributed by atoms with van der Waals surface area (Å²) in [6.45, 7) is 5.50. The number of thioether (sulfide) groups is 1. The minimum atomic E-state index is -3.26. The maximum absolute atomic E-state index is 11.7. The van der Waals surface area contributed by atoms with Crippen molar-refractivity contribution in [1.82, 2.24) is 5.32 Å². The van der Waals surface area contributed by atoms with E-state index in [1.807, 2.05) is 0 Å². The lowest BCUT2D eigenvalue weighted by molar-refractivity contribution is 0.581. The van der Waals surface area contributed by atoms with E-state index >= 15 is 0 Å². The van der Waals surface area contributed by atoms with Crippen molar-refractivity contribution in [3.05, 3.63) is 28.8 Å². The lowest BCUT2D eigenvalue weighted by Crippen LogP contribution is -2.32. The summed E-state index contributed by atoms with van der Waals surface area (Å²) in [5.41, 5.74) is 0.642. The minimum Gasteiger partial charge on any atom is -0.311 e. The lowest BCUT2D eigenvalue weighted by atomic mass is 10.2. The second kappa shape index (κ2) is 6.48. The van der Waals surface area contributed by atoms with Gasteiger partial charge < -0.3 is 5.32 Å². The molecular formula is C13H20ClNO2S2. The van der Waals surface area contributed by atoms with Gasteiger partial charge >= 0.3 is 0 Å². The van der Waals surface area contributed by atoms with Crippen LogP contribution in [-0.2, 0) is 16.4 Å². The summed E-state index contributed by atoms with van der Waals surface area (Å²) < 4.78 is 23.6. The molecule has 6 heteroatoms. The molecule has 0 amide bonds. The van der Waals surface area contributed by atoms with Gasteiger partial charge in [0.15, 0.2) is 9.84 Å². The smallest absolute Gasteiger partial charge is 0.175 e. The van der Waals surface area contributed by atoms with E-state index < -0.39 is 9.84 Å². The fraction of sp³-hybridized carbons (Fsp3) is 0.538. The van der Waals surface area contributed by atoms with E-state index in [0.29, 0.717) is 22.0 Å². The zero-order valence-electron chi connectivity index (χ0n) is 11.7. The fourth-order valence-corrected chi connectivity index (χ4v) is 3.12. The van der Waals surface area contributed by atoms with Crippen LogP contribution in [0.3, 0.4) is 0 Å². The zero-order valence-corrected chi connectivity index (χ0v) is 14.0. The molecule has 108 valence electrons. The van der Waals surface area contributed by atoms with Crippen LogP contribution in [0.4, 0.5) is 0 Å². The summed E-state index contributed by atoms with van der Waals surface area (Å²) in [4.78, 5) is 0.300. The SMILES string of the molecule is CSC(C)(C)CNCc1c(Cl)cccc1S(C)(=O)=O. The third-order valence-corrected chi connectivity index (χ3v) is 5.67. The Morgan fingerprint density at radius 3 is 2.53 bits per heavy atom. The molecule has 1 rings (SSSR count). The van der Waals surface area contributed by atoms with Crippen LogP contribution in [0, 0.1) is 0 Å². The van der Waals surface area contributed by atoms with Crippen LogP contribution in [0.25, 0.3) is 0 Å². The highest BCUT2D eigenvalue weighted by atomic mass is 35.5. The maximum atomic E-state index is 11.7. The summed E-state index contributed by atoms with van der Waals surface area (Å²) in [6, 6.07) is 4.97. The lowest BCUT2D eigenvalue weighted by Gasteiger charge is -2.23. The normalized spacial score (nSPS) is 12.7. The first-order valence-corrected chi connectivity index (χ1v) is 9.40. The molecule has 0 aromatic heterocycles. The minimum absolute atomic E-state index is 0.104. The van der Waals surface area contributed by atoms with Gasteiger partial charge in [-0.3, -0.25) is 0 Å². The van der Waals surface area contributed by atoms with Crippen molar-refractivity contribution >= 4 is 33.2 Å². The second-order valence-corrected chi connectivity index (χ2v) is 8.96. The van der Waals surface area contributed by atoms with Crippen LogP contribution in [0.5, 0.6) is 0 Å². The van der Waals surface area contributed by atoms with E-state index in [1.165, 1.54) is 6.26 Å². The van der Waals surface area contributed by atoms with Crippen LogP contribution in [0.2, 0.25) is 5.02 Å². The molecule has 0 aliphatic carbocycles. The Labute approximate surface area is 125 Å². The van der Waals surface area contributed by atoms with Gasteiger partial charge in [0.25, 0.3) is 0 Å². The van der Waals surface area contributed by atoms with Gasteiger partial charge in [-0.1, -0.05) is 17.7 Å². The highest BCUT2D eigenvalue weighted by molar-refractivity contribution is 7.99. The molecule has 0 fully saturated rings. The third kappa shape index (κ3) is 4.99. The first-order chi connectivity index (χ1) is 8.67. The van der Waals surface area contributed by atoms with E-state index in [9.17, 15) is 8.42 Å². The van der Waals surface area contributed by atoms with Gasteiger partial charge in [-0.15, -0.1) is 0 Å². The molecule has 1 aromatic rings. The molecule has 0 spiro atoms. The average Bonchev–Trinajstić information content (AvgIpc) is 2.29. The highest BCUT2D eigenvalue weighted by Crippen LogP contribution is 2.25. The molecule has 0 saturated heterocycles. The highest BCUT2D eigenvalue weighted by Gasteiger charge is 2.18. The Kier molecular flexibility index (Phi) is 5.74. The van der Waals surface area contributed by atoms with Crippen molar-refractivity contribution in [2.24, 2.45) is 0 Å². The van der Waals surface area contributed by atoms with Crippen molar-refractivity contribution < 1.29 is 8.42 Å². The largest absolute Gasteiger partial charge is 0.311 e. The summed E-state index contributed by atoms with van der Waals surface area (Å²) in [6.07, 6.45) is 3.26. The maximum Gasteiger partial charge on any atom is 0.175 e. The molecule has 0 unspecified atom stereocenters. The third-order valence-electron chi connectivity index (χ3n) is 2.88. The summed E-state index contributed by atoms with van der Waals surface area (Å²) >= 11 is 7.87. The number of sulfone groups is 1. The molecule has 1 aromatic carbocycles. The van der Waals surface area contributed by atoms with E-state index in [1.54, 1.807) is 30.0 Å². The average molecular weight is 322 g/mol. The number of hydrogen-bond acceptors (Lipinski definition) is 4. The van der Waals surface area contributed by atoms with E-state index in [4.69, 9.17) is 11.6 Å². The van der Waals surface area contributed by atoms with Crippen molar-refractivity contribution in [2.75, 3.05) is 19.1 Å². The molecule has 0 aliphatic heterocycles. The Bertz CT molecular complexity index is 542. The van der Waals surface area contributed by atoms with Crippen LogP contribution in [0.15, 0.2) is 23.1 Å². The topological polar surface area (TPSA) is 46.2 Å².